The molecule has 2 N–H and O–H groups in total. The van der Waals surface area contributed by atoms with E-state index in [1.54, 1.807) is 0 Å². The van der Waals surface area contributed by atoms with Crippen molar-refractivity contribution < 1.29 is 4.74 Å². The Balaban J connectivity index is 1.86. The number of hydrogen-bond acceptors (Lipinski definition) is 4. The molecule has 0 bridgehead atoms. The number of hydrogen-bond donors (Lipinski definition) is 2. The molecule has 0 aliphatic carbocycles. The van der Waals surface area contributed by atoms with Crippen molar-refractivity contribution in [2.24, 2.45) is 5.92 Å². The fraction of sp³-hybridized carbons (Fsp3) is 0.800. The lowest BCUT2D eigenvalue weighted by molar-refractivity contribution is 0.00647. The van der Waals surface area contributed by atoms with E-state index in [4.69, 9.17) is 4.74 Å². The monoisotopic (exact) mass is 280 g/mol. The van der Waals surface area contributed by atoms with E-state index >= 15 is 0 Å². The van der Waals surface area contributed by atoms with Gasteiger partial charge in [0.25, 0.3) is 0 Å². The average Bonchev–Trinajstić information content (AvgIpc) is 2.75. The molecule has 1 aromatic rings. The van der Waals surface area contributed by atoms with Crippen LogP contribution in [0.4, 0.5) is 0 Å². The molecule has 1 atom stereocenters. The first kappa shape index (κ1) is 15.5. The van der Waals surface area contributed by atoms with Crippen molar-refractivity contribution in [2.75, 3.05) is 32.8 Å². The summed E-state index contributed by atoms with van der Waals surface area (Å²) in [5.41, 5.74) is 3.57. The molecule has 0 radical (unpaired) electrons. The third kappa shape index (κ3) is 3.81. The van der Waals surface area contributed by atoms with Crippen molar-refractivity contribution in [3.8, 4) is 0 Å². The van der Waals surface area contributed by atoms with Gasteiger partial charge in [-0.15, -0.1) is 0 Å². The minimum Gasteiger partial charge on any atom is -0.379 e. The Kier molecular flexibility index (Phi) is 5.57. The van der Waals surface area contributed by atoms with Crippen LogP contribution in [0.2, 0.25) is 0 Å². The third-order valence-electron chi connectivity index (χ3n) is 4.22. The van der Waals surface area contributed by atoms with E-state index in [-0.39, 0.29) is 0 Å². The Morgan fingerprint density at radius 2 is 2.00 bits per heavy atom. The molecule has 0 spiro atoms. The number of nitrogens with one attached hydrogen (secondary N) is 2. The van der Waals surface area contributed by atoms with E-state index in [1.807, 2.05) is 0 Å². The van der Waals surface area contributed by atoms with E-state index in [2.05, 4.69) is 48.1 Å². The number of aromatic amines is 1. The largest absolute Gasteiger partial charge is 0.379 e. The van der Waals surface area contributed by atoms with E-state index in [1.165, 1.54) is 11.3 Å². The Morgan fingerprint density at radius 1 is 1.30 bits per heavy atom. The van der Waals surface area contributed by atoms with Gasteiger partial charge in [-0.3, -0.25) is 10.00 Å². The lowest BCUT2D eigenvalue weighted by Crippen LogP contribution is -2.50. The Hall–Kier alpha value is -0.910. The van der Waals surface area contributed by atoms with Crippen LogP contribution in [0.3, 0.4) is 0 Å². The second-order valence-corrected chi connectivity index (χ2v) is 6.00. The van der Waals surface area contributed by atoms with Gasteiger partial charge in [0.1, 0.15) is 0 Å². The topological polar surface area (TPSA) is 53.2 Å². The average molecular weight is 280 g/mol. The number of ether oxygens (including phenoxy) is 1. The molecule has 2 heterocycles. The number of morpholine rings is 1. The molecule has 5 nitrogen and oxygen atoms in total. The normalized spacial score (nSPS) is 18.6. The Labute approximate surface area is 122 Å². The highest BCUT2D eigenvalue weighted by molar-refractivity contribution is 5.22. The molecule has 1 saturated heterocycles. The van der Waals surface area contributed by atoms with Crippen molar-refractivity contribution in [3.63, 3.8) is 0 Å². The summed E-state index contributed by atoms with van der Waals surface area (Å²) in [7, 11) is 0. The van der Waals surface area contributed by atoms with Gasteiger partial charge in [0, 0.05) is 43.5 Å². The van der Waals surface area contributed by atoms with Crippen LogP contribution >= 0.6 is 0 Å². The van der Waals surface area contributed by atoms with Crippen LogP contribution in [0.25, 0.3) is 0 Å². The van der Waals surface area contributed by atoms with Crippen molar-refractivity contribution in [2.45, 2.75) is 40.3 Å². The van der Waals surface area contributed by atoms with Crippen LogP contribution < -0.4 is 5.32 Å². The SMILES string of the molecule is Cc1n[nH]c(C)c1CNC[C@H](C(C)C)N1CCOCC1. The van der Waals surface area contributed by atoms with Crippen LogP contribution in [0.1, 0.15) is 30.8 Å². The highest BCUT2D eigenvalue weighted by atomic mass is 16.5. The number of aryl methyl sites for hydroxylation is 2. The van der Waals surface area contributed by atoms with Crippen molar-refractivity contribution in [1.29, 1.82) is 0 Å². The molecular weight excluding hydrogens is 252 g/mol. The maximum absolute atomic E-state index is 5.45. The van der Waals surface area contributed by atoms with Gasteiger partial charge in [0.15, 0.2) is 0 Å². The van der Waals surface area contributed by atoms with Gasteiger partial charge in [-0.25, -0.2) is 0 Å². The molecule has 1 aliphatic heterocycles. The van der Waals surface area contributed by atoms with Crippen LogP contribution in [-0.2, 0) is 11.3 Å². The minimum atomic E-state index is 0.575. The van der Waals surface area contributed by atoms with Gasteiger partial charge in [0.2, 0.25) is 0 Å². The van der Waals surface area contributed by atoms with Crippen molar-refractivity contribution in [3.05, 3.63) is 17.0 Å². The number of nitrogens with zero attached hydrogens (tertiary/aromatic N) is 2. The van der Waals surface area contributed by atoms with Gasteiger partial charge in [-0.05, 0) is 19.8 Å². The Bertz CT molecular complexity index is 391. The first-order valence-electron chi connectivity index (χ1n) is 7.62. The molecule has 20 heavy (non-hydrogen) atoms. The molecule has 0 amide bonds. The molecule has 1 aromatic heterocycles. The molecule has 0 aromatic carbocycles. The van der Waals surface area contributed by atoms with E-state index < -0.39 is 0 Å². The maximum Gasteiger partial charge on any atom is 0.0638 e. The van der Waals surface area contributed by atoms with Crippen molar-refractivity contribution in [1.82, 2.24) is 20.4 Å². The fourth-order valence-electron chi connectivity index (χ4n) is 2.88. The lowest BCUT2D eigenvalue weighted by Gasteiger charge is -2.37. The first-order valence-corrected chi connectivity index (χ1v) is 7.62. The summed E-state index contributed by atoms with van der Waals surface area (Å²) in [6.45, 7) is 14.5. The summed E-state index contributed by atoms with van der Waals surface area (Å²) in [5.74, 6) is 0.646. The Morgan fingerprint density at radius 3 is 2.55 bits per heavy atom. The van der Waals surface area contributed by atoms with Gasteiger partial charge >= 0.3 is 0 Å². The zero-order valence-corrected chi connectivity index (χ0v) is 13.2. The van der Waals surface area contributed by atoms with Crippen LogP contribution in [0, 0.1) is 19.8 Å². The predicted molar refractivity (Wildman–Crippen MR) is 80.8 cm³/mol. The number of H-pyrrole nitrogens is 1. The lowest BCUT2D eigenvalue weighted by atomic mass is 10.0. The second kappa shape index (κ2) is 7.20. The highest BCUT2D eigenvalue weighted by Gasteiger charge is 2.23. The number of rotatable bonds is 6. The standard InChI is InChI=1S/C15H28N4O/c1-11(2)15(19-5-7-20-8-6-19)10-16-9-14-12(3)17-18-13(14)4/h11,15-16H,5-10H2,1-4H3,(H,17,18)/t15-/m1/s1. The molecule has 2 rings (SSSR count). The summed E-state index contributed by atoms with van der Waals surface area (Å²) in [6.07, 6.45) is 0. The minimum absolute atomic E-state index is 0.575. The predicted octanol–water partition coefficient (Wildman–Crippen LogP) is 1.47. The summed E-state index contributed by atoms with van der Waals surface area (Å²) in [5, 5.41) is 10.9. The van der Waals surface area contributed by atoms with Crippen LogP contribution in [0.15, 0.2) is 0 Å². The quantitative estimate of drug-likeness (QED) is 0.828. The highest BCUT2D eigenvalue weighted by Crippen LogP contribution is 2.13. The molecule has 114 valence electrons. The van der Waals surface area contributed by atoms with Crippen LogP contribution in [0.5, 0.6) is 0 Å². The van der Waals surface area contributed by atoms with Gasteiger partial charge in [-0.2, -0.15) is 5.10 Å². The van der Waals surface area contributed by atoms with Gasteiger partial charge in [-0.1, -0.05) is 13.8 Å². The van der Waals surface area contributed by atoms with Crippen molar-refractivity contribution >= 4 is 0 Å². The molecular formula is C15H28N4O. The third-order valence-corrected chi connectivity index (χ3v) is 4.22. The second-order valence-electron chi connectivity index (χ2n) is 6.00. The smallest absolute Gasteiger partial charge is 0.0638 e. The van der Waals surface area contributed by atoms with Crippen LogP contribution in [-0.4, -0.2) is 54.0 Å². The number of aromatic nitrogens is 2. The summed E-state index contributed by atoms with van der Waals surface area (Å²) in [4.78, 5) is 2.55. The van der Waals surface area contributed by atoms with E-state index in [0.29, 0.717) is 12.0 Å². The molecule has 1 fully saturated rings. The molecule has 5 heteroatoms. The molecule has 0 saturated carbocycles. The summed E-state index contributed by atoms with van der Waals surface area (Å²) >= 11 is 0. The molecule has 1 aliphatic rings. The molecule has 0 unspecified atom stereocenters. The maximum atomic E-state index is 5.45. The zero-order valence-electron chi connectivity index (χ0n) is 13.2. The summed E-state index contributed by atoms with van der Waals surface area (Å²) in [6, 6.07) is 0.575. The fourth-order valence-corrected chi connectivity index (χ4v) is 2.88. The van der Waals surface area contributed by atoms with Gasteiger partial charge in [0.05, 0.1) is 18.9 Å². The summed E-state index contributed by atoms with van der Waals surface area (Å²) < 4.78 is 5.45. The first-order chi connectivity index (χ1) is 9.59. The zero-order chi connectivity index (χ0) is 14.5. The van der Waals surface area contributed by atoms with Gasteiger partial charge < -0.3 is 10.1 Å². The van der Waals surface area contributed by atoms with E-state index in [9.17, 15) is 0 Å². The van der Waals surface area contributed by atoms with E-state index in [0.717, 1.165) is 45.1 Å².